The van der Waals surface area contributed by atoms with Gasteiger partial charge < -0.3 is 10.1 Å². The lowest BCUT2D eigenvalue weighted by Crippen LogP contribution is -2.26. The monoisotopic (exact) mass is 412 g/mol. The van der Waals surface area contributed by atoms with Crippen molar-refractivity contribution in [3.63, 3.8) is 0 Å². The molecule has 0 atom stereocenters. The number of nitrogens with one attached hydrogen (secondary N) is 1. The summed E-state index contributed by atoms with van der Waals surface area (Å²) in [4.78, 5) is 21.2. The van der Waals surface area contributed by atoms with Gasteiger partial charge in [-0.25, -0.2) is 14.6 Å². The number of carbonyl (C=O) groups is 1. The van der Waals surface area contributed by atoms with Crippen LogP contribution in [0.15, 0.2) is 47.9 Å². The molecular weight excluding hydrogens is 388 g/mol. The van der Waals surface area contributed by atoms with Gasteiger partial charge in [0.1, 0.15) is 5.75 Å². The Hall–Kier alpha value is -2.94. The first-order chi connectivity index (χ1) is 14.1. The number of aromatic nitrogens is 5. The quantitative estimate of drug-likeness (QED) is 0.426. The Balaban J connectivity index is 1.86. The van der Waals surface area contributed by atoms with E-state index >= 15 is 0 Å². The van der Waals surface area contributed by atoms with Crippen LogP contribution >= 0.6 is 11.8 Å². The predicted octanol–water partition coefficient (Wildman–Crippen LogP) is 3.13. The van der Waals surface area contributed by atoms with Crippen molar-refractivity contribution in [3.8, 4) is 11.4 Å². The summed E-state index contributed by atoms with van der Waals surface area (Å²) in [6.45, 7) is 4.84. The van der Waals surface area contributed by atoms with E-state index < -0.39 is 0 Å². The molecule has 29 heavy (non-hydrogen) atoms. The number of hydrogen-bond acceptors (Lipinski definition) is 7. The molecule has 0 unspecified atom stereocenters. The third-order valence-corrected chi connectivity index (χ3v) is 5.07. The van der Waals surface area contributed by atoms with E-state index in [9.17, 15) is 4.79 Å². The van der Waals surface area contributed by atoms with Crippen molar-refractivity contribution >= 4 is 17.7 Å². The zero-order chi connectivity index (χ0) is 20.6. The van der Waals surface area contributed by atoms with Crippen LogP contribution in [0.4, 0.5) is 0 Å². The number of ether oxygens (including phenoxy) is 1. The van der Waals surface area contributed by atoms with E-state index in [2.05, 4.69) is 39.4 Å². The Labute approximate surface area is 174 Å². The highest BCUT2D eigenvalue weighted by Gasteiger charge is 2.21. The van der Waals surface area contributed by atoms with Gasteiger partial charge in [-0.15, -0.1) is 5.10 Å². The van der Waals surface area contributed by atoms with Crippen molar-refractivity contribution < 1.29 is 9.53 Å². The van der Waals surface area contributed by atoms with Gasteiger partial charge in [0, 0.05) is 24.7 Å². The highest BCUT2D eigenvalue weighted by Crippen LogP contribution is 2.23. The minimum atomic E-state index is -0.227. The first-order valence-corrected chi connectivity index (χ1v) is 10.3. The number of carbonyl (C=O) groups excluding carboxylic acids is 1. The first-order valence-electron chi connectivity index (χ1n) is 9.35. The summed E-state index contributed by atoms with van der Waals surface area (Å²) in [5, 5.41) is 12.0. The Morgan fingerprint density at radius 2 is 1.93 bits per heavy atom. The van der Waals surface area contributed by atoms with E-state index in [0.29, 0.717) is 34.8 Å². The third-order valence-electron chi connectivity index (χ3n) is 4.18. The molecule has 0 aliphatic heterocycles. The van der Waals surface area contributed by atoms with Gasteiger partial charge in [0.05, 0.1) is 18.5 Å². The molecule has 0 aliphatic rings. The lowest BCUT2D eigenvalue weighted by atomic mass is 10.1. The summed E-state index contributed by atoms with van der Waals surface area (Å²) in [6.07, 6.45) is 4.28. The summed E-state index contributed by atoms with van der Waals surface area (Å²) in [5.74, 6) is 1.48. The van der Waals surface area contributed by atoms with Crippen molar-refractivity contribution in [1.82, 2.24) is 30.3 Å². The Morgan fingerprint density at radius 1 is 1.21 bits per heavy atom. The Morgan fingerprint density at radius 3 is 2.59 bits per heavy atom. The molecule has 0 radical (unpaired) electrons. The standard InChI is InChI=1S/C20H24N6O2S/c1-14(2)9-12-21-19(27)18-17(13-29-20-22-10-4-11-23-20)26(25-24-18)15-5-7-16(28-3)8-6-15/h4-8,10-11,14H,9,12-13H2,1-3H3,(H,21,27). The van der Waals surface area contributed by atoms with E-state index in [-0.39, 0.29) is 5.91 Å². The average molecular weight is 413 g/mol. The molecule has 3 aromatic rings. The Bertz CT molecular complexity index is 928. The maximum atomic E-state index is 12.7. The van der Waals surface area contributed by atoms with E-state index in [1.54, 1.807) is 30.3 Å². The molecule has 0 aliphatic carbocycles. The molecular formula is C20H24N6O2S. The normalized spacial score (nSPS) is 10.9. The summed E-state index contributed by atoms with van der Waals surface area (Å²) in [5.41, 5.74) is 1.80. The summed E-state index contributed by atoms with van der Waals surface area (Å²) >= 11 is 1.43. The van der Waals surface area contributed by atoms with Gasteiger partial charge in [0.2, 0.25) is 0 Å². The van der Waals surface area contributed by atoms with E-state index in [4.69, 9.17) is 4.74 Å². The molecule has 2 heterocycles. The number of benzene rings is 1. The lowest BCUT2D eigenvalue weighted by Gasteiger charge is -2.09. The van der Waals surface area contributed by atoms with Gasteiger partial charge >= 0.3 is 0 Å². The molecule has 1 N–H and O–H groups in total. The van der Waals surface area contributed by atoms with Gasteiger partial charge in [-0.3, -0.25) is 4.79 Å². The maximum absolute atomic E-state index is 12.7. The molecule has 9 heteroatoms. The molecule has 0 fully saturated rings. The smallest absolute Gasteiger partial charge is 0.273 e. The van der Waals surface area contributed by atoms with Crippen LogP contribution in [0.5, 0.6) is 5.75 Å². The highest BCUT2D eigenvalue weighted by atomic mass is 32.2. The lowest BCUT2D eigenvalue weighted by molar-refractivity contribution is 0.0946. The fourth-order valence-electron chi connectivity index (χ4n) is 2.59. The van der Waals surface area contributed by atoms with Gasteiger partial charge in [-0.05, 0) is 42.7 Å². The Kier molecular flexibility index (Phi) is 7.18. The minimum absolute atomic E-state index is 0.227. The third kappa shape index (κ3) is 5.54. The van der Waals surface area contributed by atoms with E-state index in [1.807, 2.05) is 24.3 Å². The molecule has 0 saturated heterocycles. The van der Waals surface area contributed by atoms with E-state index in [1.165, 1.54) is 11.8 Å². The summed E-state index contributed by atoms with van der Waals surface area (Å²) < 4.78 is 6.89. The molecule has 152 valence electrons. The van der Waals surface area contributed by atoms with Crippen LogP contribution < -0.4 is 10.1 Å². The molecule has 0 spiro atoms. The van der Waals surface area contributed by atoms with Crippen LogP contribution in [0.2, 0.25) is 0 Å². The van der Waals surface area contributed by atoms with Crippen LogP contribution in [-0.2, 0) is 5.75 Å². The van der Waals surface area contributed by atoms with Crippen LogP contribution in [-0.4, -0.2) is 44.5 Å². The highest BCUT2D eigenvalue weighted by molar-refractivity contribution is 7.98. The van der Waals surface area contributed by atoms with Crippen molar-refractivity contribution in [2.75, 3.05) is 13.7 Å². The molecule has 2 aromatic heterocycles. The first kappa shape index (κ1) is 20.8. The molecule has 0 bridgehead atoms. The van der Waals surface area contributed by atoms with Crippen molar-refractivity contribution in [1.29, 1.82) is 0 Å². The largest absolute Gasteiger partial charge is 0.497 e. The van der Waals surface area contributed by atoms with Crippen LogP contribution in [0.1, 0.15) is 36.5 Å². The number of amides is 1. The second-order valence-electron chi connectivity index (χ2n) is 6.75. The fourth-order valence-corrected chi connectivity index (χ4v) is 3.38. The topological polar surface area (TPSA) is 94.8 Å². The second-order valence-corrected chi connectivity index (χ2v) is 7.70. The van der Waals surface area contributed by atoms with Crippen LogP contribution in [0.25, 0.3) is 5.69 Å². The van der Waals surface area contributed by atoms with Crippen LogP contribution in [0, 0.1) is 5.92 Å². The number of rotatable bonds is 9. The van der Waals surface area contributed by atoms with Gasteiger partial charge in [-0.2, -0.15) is 0 Å². The predicted molar refractivity (Wildman–Crippen MR) is 111 cm³/mol. The minimum Gasteiger partial charge on any atom is -0.497 e. The molecule has 1 aromatic carbocycles. The van der Waals surface area contributed by atoms with Gasteiger partial charge in [-0.1, -0.05) is 30.8 Å². The number of thioether (sulfide) groups is 1. The maximum Gasteiger partial charge on any atom is 0.273 e. The number of hydrogen-bond donors (Lipinski definition) is 1. The zero-order valence-corrected chi connectivity index (χ0v) is 17.5. The second kappa shape index (κ2) is 10.0. The van der Waals surface area contributed by atoms with Crippen molar-refractivity contribution in [2.45, 2.75) is 31.2 Å². The zero-order valence-electron chi connectivity index (χ0n) is 16.7. The number of nitrogens with zero attached hydrogens (tertiary/aromatic N) is 5. The van der Waals surface area contributed by atoms with Crippen LogP contribution in [0.3, 0.4) is 0 Å². The van der Waals surface area contributed by atoms with Crippen molar-refractivity contribution in [3.05, 3.63) is 54.1 Å². The summed E-state index contributed by atoms with van der Waals surface area (Å²) in [7, 11) is 1.62. The molecule has 8 nitrogen and oxygen atoms in total. The average Bonchev–Trinajstić information content (AvgIpc) is 3.16. The summed E-state index contributed by atoms with van der Waals surface area (Å²) in [6, 6.07) is 9.20. The van der Waals surface area contributed by atoms with E-state index in [0.717, 1.165) is 17.9 Å². The molecule has 1 amide bonds. The van der Waals surface area contributed by atoms with Gasteiger partial charge in [0.25, 0.3) is 5.91 Å². The fraction of sp³-hybridized carbons (Fsp3) is 0.350. The van der Waals surface area contributed by atoms with Gasteiger partial charge in [0.15, 0.2) is 10.9 Å². The molecule has 3 rings (SSSR count). The van der Waals surface area contributed by atoms with Crippen molar-refractivity contribution in [2.24, 2.45) is 5.92 Å². The SMILES string of the molecule is COc1ccc(-n2nnc(C(=O)NCCC(C)C)c2CSc2ncccn2)cc1. The number of methoxy groups -OCH3 is 1. The molecule has 0 saturated carbocycles.